The van der Waals surface area contributed by atoms with Gasteiger partial charge < -0.3 is 22.1 Å². The number of hydrogen-bond donors (Lipinski definition) is 4. The van der Waals surface area contributed by atoms with Gasteiger partial charge >= 0.3 is 0 Å². The third kappa shape index (κ3) is 5.69. The molecule has 0 unspecified atom stereocenters. The molecule has 3 amide bonds. The summed E-state index contributed by atoms with van der Waals surface area (Å²) < 4.78 is 0. The Hall–Kier alpha value is -1.63. The fourth-order valence-corrected chi connectivity index (χ4v) is 1.58. The fraction of sp³-hybridized carbons (Fsp3) is 0.750. The van der Waals surface area contributed by atoms with E-state index in [1.54, 1.807) is 27.7 Å². The molecule has 0 radical (unpaired) electrons. The molecule has 0 bridgehead atoms. The molecule has 0 aliphatic rings. The number of hydrogen-bond acceptors (Lipinski definition) is 4. The summed E-state index contributed by atoms with van der Waals surface area (Å²) in [4.78, 5) is 34.6. The quantitative estimate of drug-likeness (QED) is 0.460. The van der Waals surface area contributed by atoms with Crippen LogP contribution in [-0.4, -0.2) is 36.3 Å². The highest BCUT2D eigenvalue weighted by molar-refractivity contribution is 5.92. The molecule has 0 heterocycles. The topological polar surface area (TPSA) is 127 Å². The smallest absolute Gasteiger partial charge is 0.243 e. The van der Waals surface area contributed by atoms with Crippen LogP contribution in [0.4, 0.5) is 0 Å². The Labute approximate surface area is 113 Å². The minimum Gasteiger partial charge on any atom is -0.368 e. The van der Waals surface area contributed by atoms with Crippen LogP contribution in [0.25, 0.3) is 0 Å². The SMILES string of the molecule is CC(C)[C@H](NC(=O)[C@@H](NC(=O)CN)C(C)C)C(N)=O. The number of amides is 3. The number of carbonyl (C=O) groups excluding carboxylic acids is 3. The summed E-state index contributed by atoms with van der Waals surface area (Å²) in [7, 11) is 0. The maximum atomic E-state index is 12.1. The molecule has 0 spiro atoms. The van der Waals surface area contributed by atoms with Crippen molar-refractivity contribution in [3.05, 3.63) is 0 Å². The molecular formula is C12H24N4O3. The van der Waals surface area contributed by atoms with Crippen molar-refractivity contribution < 1.29 is 14.4 Å². The van der Waals surface area contributed by atoms with Crippen molar-refractivity contribution in [2.45, 2.75) is 39.8 Å². The minimum atomic E-state index is -0.761. The molecule has 0 fully saturated rings. The molecule has 0 saturated heterocycles. The monoisotopic (exact) mass is 272 g/mol. The number of carbonyl (C=O) groups is 3. The van der Waals surface area contributed by atoms with E-state index < -0.39 is 29.8 Å². The summed E-state index contributed by atoms with van der Waals surface area (Å²) in [6, 6.07) is -1.50. The Morgan fingerprint density at radius 3 is 1.74 bits per heavy atom. The minimum absolute atomic E-state index is 0.125. The lowest BCUT2D eigenvalue weighted by atomic mass is 10.00. The molecule has 0 rings (SSSR count). The molecule has 6 N–H and O–H groups in total. The van der Waals surface area contributed by atoms with Crippen molar-refractivity contribution in [3.8, 4) is 0 Å². The maximum Gasteiger partial charge on any atom is 0.243 e. The number of rotatable bonds is 7. The molecule has 0 aliphatic heterocycles. The predicted octanol–water partition coefficient (Wildman–Crippen LogP) is -1.29. The van der Waals surface area contributed by atoms with Gasteiger partial charge in [0.1, 0.15) is 12.1 Å². The molecule has 19 heavy (non-hydrogen) atoms. The first-order valence-corrected chi connectivity index (χ1v) is 6.29. The van der Waals surface area contributed by atoms with Crippen molar-refractivity contribution in [3.63, 3.8) is 0 Å². The van der Waals surface area contributed by atoms with Gasteiger partial charge in [-0.1, -0.05) is 27.7 Å². The summed E-state index contributed by atoms with van der Waals surface area (Å²) in [5.41, 5.74) is 10.4. The molecule has 0 aliphatic carbocycles. The van der Waals surface area contributed by atoms with Gasteiger partial charge in [0.25, 0.3) is 0 Å². The third-order valence-corrected chi connectivity index (χ3v) is 2.72. The van der Waals surface area contributed by atoms with Gasteiger partial charge in [0.2, 0.25) is 17.7 Å². The van der Waals surface area contributed by atoms with Gasteiger partial charge in [-0.2, -0.15) is 0 Å². The van der Waals surface area contributed by atoms with E-state index in [9.17, 15) is 14.4 Å². The lowest BCUT2D eigenvalue weighted by molar-refractivity contribution is -0.132. The van der Waals surface area contributed by atoms with Crippen LogP contribution in [0, 0.1) is 11.8 Å². The van der Waals surface area contributed by atoms with E-state index in [0.29, 0.717) is 0 Å². The molecule has 0 aromatic rings. The van der Waals surface area contributed by atoms with Crippen molar-refractivity contribution in [1.29, 1.82) is 0 Å². The summed E-state index contributed by atoms with van der Waals surface area (Å²) in [5, 5.41) is 5.08. The second-order valence-electron chi connectivity index (χ2n) is 5.13. The van der Waals surface area contributed by atoms with Crippen molar-refractivity contribution in [1.82, 2.24) is 10.6 Å². The molecule has 7 nitrogen and oxygen atoms in total. The highest BCUT2D eigenvalue weighted by atomic mass is 16.2. The van der Waals surface area contributed by atoms with Gasteiger partial charge in [-0.15, -0.1) is 0 Å². The predicted molar refractivity (Wildman–Crippen MR) is 71.8 cm³/mol. The van der Waals surface area contributed by atoms with Gasteiger partial charge in [-0.25, -0.2) is 0 Å². The average Bonchev–Trinajstić information content (AvgIpc) is 2.30. The van der Waals surface area contributed by atoms with E-state index in [4.69, 9.17) is 11.5 Å². The average molecular weight is 272 g/mol. The molecule has 2 atom stereocenters. The van der Waals surface area contributed by atoms with E-state index in [0.717, 1.165) is 0 Å². The molecule has 7 heteroatoms. The second kappa shape index (κ2) is 7.73. The number of nitrogens with two attached hydrogens (primary N) is 2. The summed E-state index contributed by atoms with van der Waals surface area (Å²) in [5.74, 6) is -1.71. The molecule has 0 saturated carbocycles. The molecule has 110 valence electrons. The first-order chi connectivity index (χ1) is 8.70. The van der Waals surface area contributed by atoms with Gasteiger partial charge in [0.05, 0.1) is 6.54 Å². The number of nitrogens with one attached hydrogen (secondary N) is 2. The van der Waals surface area contributed by atoms with Crippen LogP contribution in [0.1, 0.15) is 27.7 Å². The Kier molecular flexibility index (Phi) is 7.06. The lowest BCUT2D eigenvalue weighted by Gasteiger charge is -2.25. The van der Waals surface area contributed by atoms with Crippen LogP contribution < -0.4 is 22.1 Å². The summed E-state index contributed by atoms with van der Waals surface area (Å²) in [6.45, 7) is 6.93. The van der Waals surface area contributed by atoms with Crippen LogP contribution >= 0.6 is 0 Å². The van der Waals surface area contributed by atoms with E-state index in [1.807, 2.05) is 0 Å². The Bertz CT molecular complexity index is 342. The Morgan fingerprint density at radius 1 is 0.947 bits per heavy atom. The first kappa shape index (κ1) is 17.4. The van der Waals surface area contributed by atoms with E-state index in [-0.39, 0.29) is 18.4 Å². The Morgan fingerprint density at radius 2 is 1.42 bits per heavy atom. The van der Waals surface area contributed by atoms with Gasteiger partial charge in [-0.05, 0) is 11.8 Å². The van der Waals surface area contributed by atoms with Gasteiger partial charge in [0.15, 0.2) is 0 Å². The zero-order valence-corrected chi connectivity index (χ0v) is 11.9. The highest BCUT2D eigenvalue weighted by Gasteiger charge is 2.28. The fourth-order valence-electron chi connectivity index (χ4n) is 1.58. The third-order valence-electron chi connectivity index (χ3n) is 2.72. The van der Waals surface area contributed by atoms with Crippen molar-refractivity contribution >= 4 is 17.7 Å². The Balaban J connectivity index is 4.81. The van der Waals surface area contributed by atoms with Crippen LogP contribution in [-0.2, 0) is 14.4 Å². The number of primary amides is 1. The maximum absolute atomic E-state index is 12.1. The zero-order chi connectivity index (χ0) is 15.2. The van der Waals surface area contributed by atoms with E-state index in [2.05, 4.69) is 10.6 Å². The second-order valence-corrected chi connectivity index (χ2v) is 5.13. The molecule has 0 aromatic heterocycles. The van der Waals surface area contributed by atoms with Crippen molar-refractivity contribution in [2.75, 3.05) is 6.54 Å². The van der Waals surface area contributed by atoms with Gasteiger partial charge in [-0.3, -0.25) is 14.4 Å². The summed E-state index contributed by atoms with van der Waals surface area (Å²) >= 11 is 0. The van der Waals surface area contributed by atoms with E-state index >= 15 is 0 Å². The van der Waals surface area contributed by atoms with Crippen molar-refractivity contribution in [2.24, 2.45) is 23.3 Å². The van der Waals surface area contributed by atoms with Gasteiger partial charge in [0, 0.05) is 0 Å². The lowest BCUT2D eigenvalue weighted by Crippen LogP contribution is -2.56. The van der Waals surface area contributed by atoms with Crippen LogP contribution in [0.3, 0.4) is 0 Å². The summed E-state index contributed by atoms with van der Waals surface area (Å²) in [6.07, 6.45) is 0. The molecule has 0 aromatic carbocycles. The standard InChI is InChI=1S/C12H24N4O3/c1-6(2)9(11(14)18)16-12(19)10(7(3)4)15-8(17)5-13/h6-7,9-10H,5,13H2,1-4H3,(H2,14,18)(H,15,17)(H,16,19)/t9-,10-/m0/s1. The van der Waals surface area contributed by atoms with Crippen LogP contribution in [0.5, 0.6) is 0 Å². The zero-order valence-electron chi connectivity index (χ0n) is 11.9. The van der Waals surface area contributed by atoms with E-state index in [1.165, 1.54) is 0 Å². The van der Waals surface area contributed by atoms with Crippen LogP contribution in [0.2, 0.25) is 0 Å². The normalized spacial score (nSPS) is 14.1. The first-order valence-electron chi connectivity index (χ1n) is 6.29. The largest absolute Gasteiger partial charge is 0.368 e. The van der Waals surface area contributed by atoms with Crippen LogP contribution in [0.15, 0.2) is 0 Å². The highest BCUT2D eigenvalue weighted by Crippen LogP contribution is 2.05. The molecular weight excluding hydrogens is 248 g/mol.